The van der Waals surface area contributed by atoms with E-state index >= 15 is 0 Å². The summed E-state index contributed by atoms with van der Waals surface area (Å²) in [4.78, 5) is 4.27. The summed E-state index contributed by atoms with van der Waals surface area (Å²) in [5.74, 6) is 2.28. The summed E-state index contributed by atoms with van der Waals surface area (Å²) in [7, 11) is 6.50. The second-order valence-electron chi connectivity index (χ2n) is 3.80. The van der Waals surface area contributed by atoms with E-state index in [2.05, 4.69) is 10.1 Å². The SMILES string of the molecule is COc1ccc(-c2nc(=S)n(C)[nH]2)c(OC)c1OC. The molecule has 0 fully saturated rings. The average molecular weight is 281 g/mol. The molecule has 1 heterocycles. The molecule has 0 aliphatic carbocycles. The maximum atomic E-state index is 5.41. The summed E-state index contributed by atoms with van der Waals surface area (Å²) >= 11 is 5.09. The van der Waals surface area contributed by atoms with Crippen LogP contribution in [0.25, 0.3) is 11.4 Å². The number of nitrogens with one attached hydrogen (secondary N) is 1. The van der Waals surface area contributed by atoms with Gasteiger partial charge in [-0.2, -0.15) is 4.98 Å². The molecule has 0 radical (unpaired) electrons. The van der Waals surface area contributed by atoms with Crippen LogP contribution in [0.2, 0.25) is 0 Å². The summed E-state index contributed by atoms with van der Waals surface area (Å²) in [5.41, 5.74) is 0.756. The minimum Gasteiger partial charge on any atom is -0.493 e. The van der Waals surface area contributed by atoms with E-state index in [0.717, 1.165) is 5.56 Å². The topological polar surface area (TPSA) is 61.3 Å². The fourth-order valence-corrected chi connectivity index (χ4v) is 1.95. The Balaban J connectivity index is 2.67. The molecule has 0 bridgehead atoms. The van der Waals surface area contributed by atoms with E-state index < -0.39 is 0 Å². The third-order valence-electron chi connectivity index (χ3n) is 2.73. The van der Waals surface area contributed by atoms with Gasteiger partial charge < -0.3 is 14.2 Å². The van der Waals surface area contributed by atoms with Gasteiger partial charge >= 0.3 is 0 Å². The van der Waals surface area contributed by atoms with Crippen LogP contribution in [-0.4, -0.2) is 36.1 Å². The molecule has 1 aromatic heterocycles. The van der Waals surface area contributed by atoms with E-state index in [9.17, 15) is 0 Å². The number of H-pyrrole nitrogens is 1. The largest absolute Gasteiger partial charge is 0.493 e. The number of aromatic amines is 1. The highest BCUT2D eigenvalue weighted by molar-refractivity contribution is 7.71. The maximum absolute atomic E-state index is 5.41. The molecule has 0 aliphatic heterocycles. The maximum Gasteiger partial charge on any atom is 0.216 e. The predicted molar refractivity (Wildman–Crippen MR) is 73.5 cm³/mol. The third-order valence-corrected chi connectivity index (χ3v) is 3.09. The molecular formula is C12H15N3O3S. The Labute approximate surface area is 115 Å². The van der Waals surface area contributed by atoms with Crippen molar-refractivity contribution in [2.45, 2.75) is 0 Å². The van der Waals surface area contributed by atoms with Crippen LogP contribution in [0.3, 0.4) is 0 Å². The van der Waals surface area contributed by atoms with Gasteiger partial charge in [-0.15, -0.1) is 0 Å². The number of ether oxygens (including phenoxy) is 3. The fraction of sp³-hybridized carbons (Fsp3) is 0.333. The van der Waals surface area contributed by atoms with E-state index in [1.54, 1.807) is 39.1 Å². The second-order valence-corrected chi connectivity index (χ2v) is 4.16. The van der Waals surface area contributed by atoms with Gasteiger partial charge in [0.2, 0.25) is 10.5 Å². The molecule has 0 unspecified atom stereocenters. The standard InChI is InChI=1S/C12H15N3O3S/c1-15-12(19)13-11(14-15)7-5-6-8(16-2)10(18-4)9(7)17-3/h5-6H,1-4H3,(H,13,14,19). The Morgan fingerprint density at radius 2 is 1.79 bits per heavy atom. The van der Waals surface area contributed by atoms with Crippen molar-refractivity contribution in [3.63, 3.8) is 0 Å². The van der Waals surface area contributed by atoms with Crippen molar-refractivity contribution in [2.75, 3.05) is 21.3 Å². The van der Waals surface area contributed by atoms with Crippen molar-refractivity contribution < 1.29 is 14.2 Å². The lowest BCUT2D eigenvalue weighted by atomic mass is 10.1. The molecule has 0 saturated heterocycles. The summed E-state index contributed by atoms with van der Waals surface area (Å²) in [5, 5.41) is 3.05. The van der Waals surface area contributed by atoms with Gasteiger partial charge in [-0.1, -0.05) is 0 Å². The van der Waals surface area contributed by atoms with Crippen LogP contribution in [0.15, 0.2) is 12.1 Å². The number of aromatic nitrogens is 3. The lowest BCUT2D eigenvalue weighted by Gasteiger charge is -2.14. The number of hydrogen-bond donors (Lipinski definition) is 1. The lowest BCUT2D eigenvalue weighted by molar-refractivity contribution is 0.325. The highest BCUT2D eigenvalue weighted by Gasteiger charge is 2.18. The van der Waals surface area contributed by atoms with Crippen molar-refractivity contribution in [3.8, 4) is 28.6 Å². The molecule has 2 rings (SSSR count). The van der Waals surface area contributed by atoms with E-state index in [1.807, 2.05) is 6.07 Å². The van der Waals surface area contributed by atoms with Crippen LogP contribution in [0.5, 0.6) is 17.2 Å². The highest BCUT2D eigenvalue weighted by atomic mass is 32.1. The van der Waals surface area contributed by atoms with E-state index in [4.69, 9.17) is 26.4 Å². The molecule has 0 amide bonds. The van der Waals surface area contributed by atoms with Crippen molar-refractivity contribution in [1.82, 2.24) is 14.8 Å². The molecule has 6 nitrogen and oxygen atoms in total. The van der Waals surface area contributed by atoms with Gasteiger partial charge in [-0.05, 0) is 24.4 Å². The Morgan fingerprint density at radius 1 is 1.11 bits per heavy atom. The van der Waals surface area contributed by atoms with Crippen LogP contribution >= 0.6 is 12.2 Å². The van der Waals surface area contributed by atoms with Gasteiger partial charge in [-0.3, -0.25) is 9.78 Å². The first-order valence-corrected chi connectivity index (χ1v) is 5.95. The zero-order valence-corrected chi connectivity index (χ0v) is 12.0. The van der Waals surface area contributed by atoms with E-state index in [0.29, 0.717) is 27.8 Å². The monoisotopic (exact) mass is 281 g/mol. The molecule has 0 atom stereocenters. The number of aryl methyl sites for hydroxylation is 1. The molecule has 2 aromatic rings. The second kappa shape index (κ2) is 5.31. The molecule has 1 aromatic carbocycles. The summed E-state index contributed by atoms with van der Waals surface area (Å²) in [6.45, 7) is 0. The predicted octanol–water partition coefficient (Wildman–Crippen LogP) is 2.17. The quantitative estimate of drug-likeness (QED) is 0.870. The van der Waals surface area contributed by atoms with E-state index in [-0.39, 0.29) is 0 Å². The fourth-order valence-electron chi connectivity index (χ4n) is 1.81. The van der Waals surface area contributed by atoms with Gasteiger partial charge in [0.1, 0.15) is 0 Å². The van der Waals surface area contributed by atoms with Crippen LogP contribution in [0.4, 0.5) is 0 Å². The van der Waals surface area contributed by atoms with Crippen LogP contribution in [0, 0.1) is 4.77 Å². The van der Waals surface area contributed by atoms with Gasteiger partial charge in [-0.25, -0.2) is 0 Å². The Hall–Kier alpha value is -2.02. The summed E-state index contributed by atoms with van der Waals surface area (Å²) < 4.78 is 18.1. The minimum absolute atomic E-state index is 0.465. The molecule has 102 valence electrons. The zero-order valence-electron chi connectivity index (χ0n) is 11.2. The number of hydrogen-bond acceptors (Lipinski definition) is 5. The zero-order chi connectivity index (χ0) is 14.0. The Morgan fingerprint density at radius 3 is 2.26 bits per heavy atom. The number of methoxy groups -OCH3 is 3. The molecule has 1 N–H and O–H groups in total. The third kappa shape index (κ3) is 2.28. The van der Waals surface area contributed by atoms with Crippen molar-refractivity contribution in [3.05, 3.63) is 16.9 Å². The Kier molecular flexibility index (Phi) is 3.75. The van der Waals surface area contributed by atoms with Crippen LogP contribution in [-0.2, 0) is 7.05 Å². The Bertz CT molecular complexity index is 648. The average Bonchev–Trinajstić information content (AvgIpc) is 2.76. The van der Waals surface area contributed by atoms with Crippen molar-refractivity contribution >= 4 is 12.2 Å². The lowest BCUT2D eigenvalue weighted by Crippen LogP contribution is -1.98. The van der Waals surface area contributed by atoms with Crippen LogP contribution < -0.4 is 14.2 Å². The molecule has 0 saturated carbocycles. The number of benzene rings is 1. The first-order chi connectivity index (χ1) is 9.12. The smallest absolute Gasteiger partial charge is 0.216 e. The van der Waals surface area contributed by atoms with Crippen molar-refractivity contribution in [2.24, 2.45) is 7.05 Å². The first-order valence-electron chi connectivity index (χ1n) is 5.54. The number of nitrogens with zero attached hydrogens (tertiary/aromatic N) is 2. The highest BCUT2D eigenvalue weighted by Crippen LogP contribution is 2.43. The van der Waals surface area contributed by atoms with Gasteiger partial charge in [0.15, 0.2) is 17.3 Å². The van der Waals surface area contributed by atoms with Gasteiger partial charge in [0.25, 0.3) is 0 Å². The molecule has 19 heavy (non-hydrogen) atoms. The normalized spacial score (nSPS) is 10.3. The van der Waals surface area contributed by atoms with Crippen LogP contribution in [0.1, 0.15) is 0 Å². The molecular weight excluding hydrogens is 266 g/mol. The first kappa shape index (κ1) is 13.4. The molecule has 0 aliphatic rings. The molecule has 0 spiro atoms. The minimum atomic E-state index is 0.465. The van der Waals surface area contributed by atoms with Gasteiger partial charge in [0, 0.05) is 7.05 Å². The van der Waals surface area contributed by atoms with E-state index in [1.165, 1.54) is 0 Å². The van der Waals surface area contributed by atoms with Crippen molar-refractivity contribution in [1.29, 1.82) is 0 Å². The molecule has 7 heteroatoms. The summed E-state index contributed by atoms with van der Waals surface area (Å²) in [6.07, 6.45) is 0. The van der Waals surface area contributed by atoms with Gasteiger partial charge in [0.05, 0.1) is 26.9 Å². The summed E-state index contributed by atoms with van der Waals surface area (Å²) in [6, 6.07) is 3.63. The number of rotatable bonds is 4.